The monoisotopic (exact) mass is 235 g/mol. The summed E-state index contributed by atoms with van der Waals surface area (Å²) in [5.74, 6) is 0.485. The third-order valence-corrected chi connectivity index (χ3v) is 2.45. The third-order valence-electron chi connectivity index (χ3n) is 2.45. The third kappa shape index (κ3) is 2.80. The first-order chi connectivity index (χ1) is 8.69. The van der Waals surface area contributed by atoms with E-state index in [1.807, 2.05) is 50.2 Å². The minimum absolute atomic E-state index is 0.480. The molecule has 0 aliphatic heterocycles. The van der Waals surface area contributed by atoms with Gasteiger partial charge in [-0.1, -0.05) is 30.3 Å². The number of hydrogen-bond donors (Lipinski definition) is 0. The fourth-order valence-corrected chi connectivity index (χ4v) is 1.71. The van der Waals surface area contributed by atoms with Gasteiger partial charge in [0.05, 0.1) is 5.57 Å². The molecule has 0 radical (unpaired) electrons. The smallest absolute Gasteiger partial charge is 0.170 e. The molecule has 3 nitrogen and oxygen atoms in total. The lowest BCUT2D eigenvalue weighted by Gasteiger charge is -2.01. The number of rotatable bonds is 2. The Hall–Kier alpha value is -2.47. The zero-order valence-electron chi connectivity index (χ0n) is 10.4. The quantitative estimate of drug-likeness (QED) is 0.751. The lowest BCUT2D eigenvalue weighted by atomic mass is 10.1. The number of allylic oxidation sites excluding steroid dienone is 1. The average Bonchev–Trinajstić information content (AvgIpc) is 2.36. The largest absolute Gasteiger partial charge is 0.233 e. The number of aromatic nitrogens is 2. The van der Waals surface area contributed by atoms with Crippen LogP contribution in [0.5, 0.6) is 0 Å². The summed E-state index contributed by atoms with van der Waals surface area (Å²) >= 11 is 0. The van der Waals surface area contributed by atoms with Gasteiger partial charge in [-0.15, -0.1) is 0 Å². The second-order valence-corrected chi connectivity index (χ2v) is 4.05. The Bertz CT molecular complexity index is 602. The van der Waals surface area contributed by atoms with Crippen molar-refractivity contribution in [2.45, 2.75) is 13.8 Å². The molecule has 0 amide bonds. The van der Waals surface area contributed by atoms with E-state index >= 15 is 0 Å². The van der Waals surface area contributed by atoms with E-state index in [0.29, 0.717) is 11.4 Å². The van der Waals surface area contributed by atoms with Crippen molar-refractivity contribution < 1.29 is 0 Å². The van der Waals surface area contributed by atoms with Crippen molar-refractivity contribution in [2.75, 3.05) is 0 Å². The van der Waals surface area contributed by atoms with Crippen LogP contribution in [-0.2, 0) is 0 Å². The van der Waals surface area contributed by atoms with Crippen LogP contribution >= 0.6 is 0 Å². The first-order valence-corrected chi connectivity index (χ1v) is 5.68. The maximum Gasteiger partial charge on any atom is 0.170 e. The second kappa shape index (κ2) is 5.24. The number of nitrogens with zero attached hydrogens (tertiary/aromatic N) is 3. The van der Waals surface area contributed by atoms with Gasteiger partial charge in [0, 0.05) is 11.4 Å². The summed E-state index contributed by atoms with van der Waals surface area (Å²) in [6.45, 7) is 3.80. The Morgan fingerprint density at radius 3 is 2.28 bits per heavy atom. The summed E-state index contributed by atoms with van der Waals surface area (Å²) in [6, 6.07) is 13.7. The Morgan fingerprint density at radius 2 is 1.72 bits per heavy atom. The highest BCUT2D eigenvalue weighted by atomic mass is 14.9. The fourth-order valence-electron chi connectivity index (χ4n) is 1.71. The van der Waals surface area contributed by atoms with Crippen molar-refractivity contribution in [1.29, 1.82) is 5.26 Å². The molecule has 0 aliphatic carbocycles. The summed E-state index contributed by atoms with van der Waals surface area (Å²) in [5.41, 5.74) is 3.18. The zero-order valence-corrected chi connectivity index (χ0v) is 10.4. The molecule has 0 bridgehead atoms. The van der Waals surface area contributed by atoms with Gasteiger partial charge < -0.3 is 0 Å². The Kier molecular flexibility index (Phi) is 3.49. The van der Waals surface area contributed by atoms with Gasteiger partial charge in [-0.2, -0.15) is 5.26 Å². The molecule has 2 rings (SSSR count). The van der Waals surface area contributed by atoms with Crippen LogP contribution in [0.3, 0.4) is 0 Å². The van der Waals surface area contributed by atoms with Gasteiger partial charge in [0.2, 0.25) is 0 Å². The van der Waals surface area contributed by atoms with Gasteiger partial charge in [-0.3, -0.25) is 0 Å². The van der Waals surface area contributed by atoms with Crippen LogP contribution in [0.25, 0.3) is 11.6 Å². The summed E-state index contributed by atoms with van der Waals surface area (Å²) < 4.78 is 0. The van der Waals surface area contributed by atoms with Gasteiger partial charge in [0.1, 0.15) is 6.07 Å². The molecule has 0 atom stereocenters. The highest BCUT2D eigenvalue weighted by Gasteiger charge is 2.06. The molecule has 1 aromatic carbocycles. The van der Waals surface area contributed by atoms with Crippen molar-refractivity contribution in [3.05, 3.63) is 59.2 Å². The topological polar surface area (TPSA) is 49.6 Å². The summed E-state index contributed by atoms with van der Waals surface area (Å²) in [5, 5.41) is 9.22. The molecule has 3 heteroatoms. The molecule has 2 aromatic rings. The van der Waals surface area contributed by atoms with E-state index in [0.717, 1.165) is 17.0 Å². The van der Waals surface area contributed by atoms with Crippen molar-refractivity contribution in [3.63, 3.8) is 0 Å². The van der Waals surface area contributed by atoms with Crippen molar-refractivity contribution in [1.82, 2.24) is 9.97 Å². The predicted molar refractivity (Wildman–Crippen MR) is 71.4 cm³/mol. The molecule has 1 aromatic heterocycles. The summed E-state index contributed by atoms with van der Waals surface area (Å²) in [4.78, 5) is 8.60. The van der Waals surface area contributed by atoms with Crippen molar-refractivity contribution >= 4 is 11.6 Å². The maximum absolute atomic E-state index is 9.22. The van der Waals surface area contributed by atoms with Crippen LogP contribution in [0, 0.1) is 25.2 Å². The van der Waals surface area contributed by atoms with E-state index in [9.17, 15) is 5.26 Å². The van der Waals surface area contributed by atoms with Gasteiger partial charge >= 0.3 is 0 Å². The van der Waals surface area contributed by atoms with Gasteiger partial charge in [-0.05, 0) is 31.6 Å². The first-order valence-electron chi connectivity index (χ1n) is 5.68. The molecule has 0 saturated heterocycles. The number of nitriles is 1. The van der Waals surface area contributed by atoms with Crippen LogP contribution in [0.15, 0.2) is 36.4 Å². The second-order valence-electron chi connectivity index (χ2n) is 4.05. The molecule has 18 heavy (non-hydrogen) atoms. The Labute approximate surface area is 106 Å². The van der Waals surface area contributed by atoms with Crippen LogP contribution < -0.4 is 0 Å². The van der Waals surface area contributed by atoms with E-state index in [4.69, 9.17) is 0 Å². The van der Waals surface area contributed by atoms with Crippen molar-refractivity contribution in [3.8, 4) is 6.07 Å². The lowest BCUT2D eigenvalue weighted by molar-refractivity contribution is 1.03. The summed E-state index contributed by atoms with van der Waals surface area (Å²) in [7, 11) is 0. The van der Waals surface area contributed by atoms with Gasteiger partial charge in [-0.25, -0.2) is 9.97 Å². The van der Waals surface area contributed by atoms with E-state index in [1.54, 1.807) is 6.08 Å². The van der Waals surface area contributed by atoms with Crippen LogP contribution in [0.2, 0.25) is 0 Å². The Balaban J connectivity index is 2.46. The molecule has 0 N–H and O–H groups in total. The molecule has 0 unspecified atom stereocenters. The van der Waals surface area contributed by atoms with Crippen LogP contribution in [0.4, 0.5) is 0 Å². The normalized spacial score (nSPS) is 11.1. The SMILES string of the molecule is Cc1cc(C)nc(C(C#N)=Cc2ccccc2)n1. The summed E-state index contributed by atoms with van der Waals surface area (Å²) in [6.07, 6.45) is 1.80. The minimum Gasteiger partial charge on any atom is -0.233 e. The number of aryl methyl sites for hydroxylation is 2. The molecule has 0 spiro atoms. The van der Waals surface area contributed by atoms with E-state index in [1.165, 1.54) is 0 Å². The van der Waals surface area contributed by atoms with Gasteiger partial charge in [0.15, 0.2) is 5.82 Å². The van der Waals surface area contributed by atoms with E-state index in [-0.39, 0.29) is 0 Å². The van der Waals surface area contributed by atoms with Gasteiger partial charge in [0.25, 0.3) is 0 Å². The number of benzene rings is 1. The molecular formula is C15H13N3. The van der Waals surface area contributed by atoms with Crippen molar-refractivity contribution in [2.24, 2.45) is 0 Å². The molecule has 0 fully saturated rings. The Morgan fingerprint density at radius 1 is 1.11 bits per heavy atom. The molecule has 0 aliphatic rings. The molecular weight excluding hydrogens is 222 g/mol. The standard InChI is InChI=1S/C15H13N3/c1-11-8-12(2)18-15(17-11)14(10-16)9-13-6-4-3-5-7-13/h3-9H,1-2H3. The zero-order chi connectivity index (χ0) is 13.0. The lowest BCUT2D eigenvalue weighted by Crippen LogP contribution is -1.97. The van der Waals surface area contributed by atoms with E-state index < -0.39 is 0 Å². The predicted octanol–water partition coefficient (Wildman–Crippen LogP) is 3.16. The highest BCUT2D eigenvalue weighted by molar-refractivity contribution is 5.86. The molecule has 88 valence electrons. The van der Waals surface area contributed by atoms with Crippen LogP contribution in [0.1, 0.15) is 22.8 Å². The minimum atomic E-state index is 0.480. The molecule has 1 heterocycles. The first kappa shape index (κ1) is 12.0. The number of hydrogen-bond acceptors (Lipinski definition) is 3. The fraction of sp³-hybridized carbons (Fsp3) is 0.133. The highest BCUT2D eigenvalue weighted by Crippen LogP contribution is 2.14. The molecule has 0 saturated carbocycles. The van der Waals surface area contributed by atoms with Crippen LogP contribution in [-0.4, -0.2) is 9.97 Å². The maximum atomic E-state index is 9.22. The van der Waals surface area contributed by atoms with E-state index in [2.05, 4.69) is 16.0 Å². The average molecular weight is 235 g/mol.